The maximum atomic E-state index is 14.8. The number of aliphatic hydroxyl groups excluding tert-OH is 1. The lowest BCUT2D eigenvalue weighted by Gasteiger charge is -2.46. The van der Waals surface area contributed by atoms with Crippen molar-refractivity contribution in [3.8, 4) is 0 Å². The first-order valence-corrected chi connectivity index (χ1v) is 15.3. The normalized spacial score (nSPS) is 27.5. The Kier molecular flexibility index (Phi) is 9.10. The van der Waals surface area contributed by atoms with Gasteiger partial charge in [-0.1, -0.05) is 58.0 Å². The number of aliphatic hydroxyl groups is 1. The van der Waals surface area contributed by atoms with Gasteiger partial charge in [-0.15, -0.1) is 13.2 Å². The number of para-hydroxylation sites is 1. The van der Waals surface area contributed by atoms with Crippen LogP contribution in [0.15, 0.2) is 55.6 Å². The van der Waals surface area contributed by atoms with Gasteiger partial charge in [-0.3, -0.25) is 14.4 Å². The molecule has 3 aliphatic rings. The van der Waals surface area contributed by atoms with E-state index in [4.69, 9.17) is 4.74 Å². The summed E-state index contributed by atoms with van der Waals surface area (Å²) in [6, 6.07) is 7.84. The molecule has 1 aromatic rings. The Morgan fingerprint density at radius 2 is 1.76 bits per heavy atom. The Bertz CT molecular complexity index is 1190. The van der Waals surface area contributed by atoms with E-state index >= 15 is 0 Å². The Labute approximate surface area is 251 Å². The van der Waals surface area contributed by atoms with E-state index < -0.39 is 41.2 Å². The third kappa shape index (κ3) is 5.44. The van der Waals surface area contributed by atoms with E-state index in [-0.39, 0.29) is 36.3 Å². The summed E-state index contributed by atoms with van der Waals surface area (Å²) in [7, 11) is 0. The van der Waals surface area contributed by atoms with Crippen molar-refractivity contribution in [3.63, 3.8) is 0 Å². The fraction of sp³-hybridized carbons (Fsp3) is 0.618. The van der Waals surface area contributed by atoms with E-state index in [0.29, 0.717) is 25.8 Å². The number of benzene rings is 1. The van der Waals surface area contributed by atoms with Crippen LogP contribution in [0, 0.1) is 17.3 Å². The zero-order valence-electron chi connectivity index (χ0n) is 26.2. The summed E-state index contributed by atoms with van der Waals surface area (Å²) in [5.74, 6) is -2.25. The first kappa shape index (κ1) is 32.0. The highest BCUT2D eigenvalue weighted by Crippen LogP contribution is 2.59. The zero-order chi connectivity index (χ0) is 31.0. The molecular weight excluding hydrogens is 530 g/mol. The molecule has 1 aromatic carbocycles. The van der Waals surface area contributed by atoms with Gasteiger partial charge >= 0.3 is 0 Å². The average Bonchev–Trinajstić information content (AvgIpc) is 3.57. The van der Waals surface area contributed by atoms with E-state index in [2.05, 4.69) is 33.9 Å². The highest BCUT2D eigenvalue weighted by Gasteiger charge is 2.75. The van der Waals surface area contributed by atoms with Crippen LogP contribution in [0.3, 0.4) is 0 Å². The molecule has 3 fully saturated rings. The van der Waals surface area contributed by atoms with Gasteiger partial charge in [0.25, 0.3) is 0 Å². The smallest absolute Gasteiger partial charge is 0.249 e. The molecule has 0 radical (unpaired) electrons. The predicted octanol–water partition coefficient (Wildman–Crippen LogP) is 4.58. The Hall–Kier alpha value is -2.97. The molecule has 230 valence electrons. The van der Waals surface area contributed by atoms with Gasteiger partial charge in [-0.25, -0.2) is 0 Å². The largest absolute Gasteiger partial charge is 0.394 e. The molecule has 0 saturated carbocycles. The van der Waals surface area contributed by atoms with Crippen LogP contribution in [0.1, 0.15) is 67.2 Å². The van der Waals surface area contributed by atoms with E-state index in [0.717, 1.165) is 12.1 Å². The molecule has 1 N–H and O–H groups in total. The molecule has 42 heavy (non-hydrogen) atoms. The van der Waals surface area contributed by atoms with Gasteiger partial charge in [-0.2, -0.15) is 0 Å². The van der Waals surface area contributed by atoms with E-state index in [1.54, 1.807) is 22.0 Å². The van der Waals surface area contributed by atoms with Crippen molar-refractivity contribution in [2.75, 3.05) is 24.6 Å². The maximum absolute atomic E-state index is 14.8. The third-order valence-electron chi connectivity index (χ3n) is 9.25. The second-order valence-electron chi connectivity index (χ2n) is 13.9. The molecule has 0 aliphatic carbocycles. The van der Waals surface area contributed by atoms with Crippen molar-refractivity contribution in [1.82, 2.24) is 9.80 Å². The van der Waals surface area contributed by atoms with Crippen molar-refractivity contribution >= 4 is 23.4 Å². The van der Waals surface area contributed by atoms with Crippen molar-refractivity contribution < 1.29 is 24.2 Å². The maximum Gasteiger partial charge on any atom is 0.249 e. The van der Waals surface area contributed by atoms with Gasteiger partial charge in [0, 0.05) is 24.3 Å². The molecule has 3 aliphatic heterocycles. The highest BCUT2D eigenvalue weighted by molar-refractivity contribution is 6.03. The SMILES string of the molecule is C=CCN(C(=O)[C@@H]1[C@H]2C(=O)N([C@@H](CC)CO)C(C(=O)N(CC=C)C(C)(C)CC(C)(C)C)C23CC[C@H]1O3)c1ccccc1. The highest BCUT2D eigenvalue weighted by atomic mass is 16.5. The number of rotatable bonds is 12. The van der Waals surface area contributed by atoms with Crippen LogP contribution in [0.2, 0.25) is 0 Å². The quantitative estimate of drug-likeness (QED) is 0.366. The van der Waals surface area contributed by atoms with Crippen LogP contribution in [0.5, 0.6) is 0 Å². The van der Waals surface area contributed by atoms with Crippen molar-refractivity contribution in [2.24, 2.45) is 17.3 Å². The minimum atomic E-state index is -1.14. The monoisotopic (exact) mass is 579 g/mol. The number of ether oxygens (including phenoxy) is 1. The van der Waals surface area contributed by atoms with Gasteiger partial charge in [0.1, 0.15) is 11.6 Å². The number of likely N-dealkylation sites (tertiary alicyclic amines) is 1. The standard InChI is InChI=1S/C34H49N3O5/c1-9-19-35(24-15-13-12-14-16-24)29(39)26-25-17-18-34(42-25)27(26)30(40)37(23(11-3)21-38)28(34)31(41)36(20-10-2)33(7,8)22-32(4,5)6/h9-10,12-16,23,25-28,38H,1-2,11,17-22H2,3-8H3/t23-,25+,26-,27-,28?,34?/m0/s1. The number of anilines is 1. The number of hydrogen-bond acceptors (Lipinski definition) is 5. The molecule has 8 nitrogen and oxygen atoms in total. The number of nitrogens with zero attached hydrogens (tertiary/aromatic N) is 3. The fourth-order valence-electron chi connectivity index (χ4n) is 8.00. The molecule has 0 aromatic heterocycles. The van der Waals surface area contributed by atoms with Crippen LogP contribution in [0.25, 0.3) is 0 Å². The lowest BCUT2D eigenvalue weighted by atomic mass is 9.70. The van der Waals surface area contributed by atoms with Gasteiger partial charge in [-0.05, 0) is 57.1 Å². The summed E-state index contributed by atoms with van der Waals surface area (Å²) in [5, 5.41) is 10.4. The van der Waals surface area contributed by atoms with E-state index in [1.807, 2.05) is 56.0 Å². The van der Waals surface area contributed by atoms with Gasteiger partial charge in [0.2, 0.25) is 17.7 Å². The average molecular weight is 580 g/mol. The molecule has 2 bridgehead atoms. The lowest BCUT2D eigenvalue weighted by Crippen LogP contribution is -2.62. The fourth-order valence-corrected chi connectivity index (χ4v) is 8.00. The lowest BCUT2D eigenvalue weighted by molar-refractivity contribution is -0.155. The minimum Gasteiger partial charge on any atom is -0.394 e. The molecule has 3 saturated heterocycles. The van der Waals surface area contributed by atoms with Crippen LogP contribution >= 0.6 is 0 Å². The second-order valence-corrected chi connectivity index (χ2v) is 13.9. The van der Waals surface area contributed by atoms with Crippen molar-refractivity contribution in [1.29, 1.82) is 0 Å². The Morgan fingerprint density at radius 3 is 2.31 bits per heavy atom. The molecule has 2 unspecified atom stereocenters. The number of hydrogen-bond donors (Lipinski definition) is 1. The van der Waals surface area contributed by atoms with Crippen LogP contribution < -0.4 is 4.90 Å². The molecule has 3 heterocycles. The first-order chi connectivity index (χ1) is 19.8. The number of fused-ring (bicyclic) bond motifs is 1. The molecule has 4 rings (SSSR count). The van der Waals surface area contributed by atoms with Gasteiger partial charge in [0.05, 0.1) is 30.6 Å². The summed E-state index contributed by atoms with van der Waals surface area (Å²) in [6.07, 6.45) is 5.20. The summed E-state index contributed by atoms with van der Waals surface area (Å²) in [6.45, 7) is 20.5. The molecule has 6 atom stereocenters. The molecule has 3 amide bonds. The van der Waals surface area contributed by atoms with Crippen molar-refractivity contribution in [3.05, 3.63) is 55.6 Å². The Balaban J connectivity index is 1.81. The Morgan fingerprint density at radius 1 is 1.12 bits per heavy atom. The van der Waals surface area contributed by atoms with Gasteiger partial charge in [0.15, 0.2) is 0 Å². The molecule has 1 spiro atoms. The first-order valence-electron chi connectivity index (χ1n) is 15.3. The summed E-state index contributed by atoms with van der Waals surface area (Å²) >= 11 is 0. The second kappa shape index (κ2) is 12.0. The molecule has 8 heteroatoms. The van der Waals surface area contributed by atoms with E-state index in [9.17, 15) is 19.5 Å². The number of carbonyl (C=O) groups is 3. The van der Waals surface area contributed by atoms with Crippen LogP contribution in [0.4, 0.5) is 5.69 Å². The van der Waals surface area contributed by atoms with Crippen LogP contribution in [-0.2, 0) is 19.1 Å². The summed E-state index contributed by atoms with van der Waals surface area (Å²) in [5.41, 5.74) is -1.03. The zero-order valence-corrected chi connectivity index (χ0v) is 26.2. The molecular formula is C34H49N3O5. The van der Waals surface area contributed by atoms with E-state index in [1.165, 1.54) is 0 Å². The number of amides is 3. The summed E-state index contributed by atoms with van der Waals surface area (Å²) < 4.78 is 6.71. The summed E-state index contributed by atoms with van der Waals surface area (Å²) in [4.78, 5) is 48.7. The third-order valence-corrected chi connectivity index (χ3v) is 9.25. The van der Waals surface area contributed by atoms with Gasteiger partial charge < -0.3 is 24.5 Å². The predicted molar refractivity (Wildman–Crippen MR) is 165 cm³/mol. The topological polar surface area (TPSA) is 90.4 Å². The van der Waals surface area contributed by atoms with Crippen LogP contribution in [-0.4, -0.2) is 81.7 Å². The van der Waals surface area contributed by atoms with Crippen molar-refractivity contribution in [2.45, 2.75) is 96.6 Å². The minimum absolute atomic E-state index is 0.0574. The number of carbonyl (C=O) groups excluding carboxylic acids is 3.